The number of hydrogen-bond acceptors (Lipinski definition) is 3. The van der Waals surface area contributed by atoms with Gasteiger partial charge in [-0.1, -0.05) is 39.0 Å². The summed E-state index contributed by atoms with van der Waals surface area (Å²) in [5.41, 5.74) is -0.994. The zero-order valence-corrected chi connectivity index (χ0v) is 12.4. The Bertz CT molecular complexity index is 411. The molecular weight excluding hydrogens is 256 g/mol. The third-order valence-corrected chi connectivity index (χ3v) is 4.61. The van der Waals surface area contributed by atoms with Gasteiger partial charge in [0, 0.05) is 6.04 Å². The summed E-state index contributed by atoms with van der Waals surface area (Å²) in [4.78, 5) is 38.4. The maximum absolute atomic E-state index is 12.8. The van der Waals surface area contributed by atoms with Crippen molar-refractivity contribution < 1.29 is 14.4 Å². The molecule has 112 valence electrons. The number of barbiturate groups is 1. The number of nitrogens with one attached hydrogen (secondary N) is 1. The first-order valence-electron chi connectivity index (χ1n) is 7.72. The molecule has 1 saturated carbocycles. The molecule has 2 rings (SSSR count). The van der Waals surface area contributed by atoms with E-state index in [2.05, 4.69) is 5.32 Å². The lowest BCUT2D eigenvalue weighted by Gasteiger charge is -2.41. The molecule has 5 heteroatoms. The van der Waals surface area contributed by atoms with Gasteiger partial charge in [0.1, 0.15) is 5.41 Å². The third-order valence-electron chi connectivity index (χ3n) is 4.61. The molecule has 4 amide bonds. The number of urea groups is 1. The van der Waals surface area contributed by atoms with E-state index in [1.807, 2.05) is 13.8 Å². The largest absolute Gasteiger partial charge is 0.331 e. The van der Waals surface area contributed by atoms with Gasteiger partial charge in [0.25, 0.3) is 0 Å². The van der Waals surface area contributed by atoms with Crippen LogP contribution in [0.25, 0.3) is 0 Å². The summed E-state index contributed by atoms with van der Waals surface area (Å²) in [5.74, 6) is -0.650. The van der Waals surface area contributed by atoms with Crippen LogP contribution in [0.3, 0.4) is 0 Å². The van der Waals surface area contributed by atoms with Crippen LogP contribution in [0.15, 0.2) is 0 Å². The van der Waals surface area contributed by atoms with Gasteiger partial charge >= 0.3 is 6.03 Å². The van der Waals surface area contributed by atoms with Crippen molar-refractivity contribution >= 4 is 17.8 Å². The van der Waals surface area contributed by atoms with Gasteiger partial charge in [-0.3, -0.25) is 19.8 Å². The average Bonchev–Trinajstić information content (AvgIpc) is 2.64. The molecule has 20 heavy (non-hydrogen) atoms. The van der Waals surface area contributed by atoms with E-state index in [1.54, 1.807) is 0 Å². The molecule has 1 atom stereocenters. The molecule has 1 N–H and O–H groups in total. The fourth-order valence-electron chi connectivity index (χ4n) is 3.42. The van der Waals surface area contributed by atoms with Crippen molar-refractivity contribution in [2.24, 2.45) is 5.41 Å². The molecule has 0 aromatic carbocycles. The second-order valence-electron chi connectivity index (χ2n) is 6.07. The Morgan fingerprint density at radius 1 is 1.15 bits per heavy atom. The molecule has 1 spiro atoms. The Kier molecular flexibility index (Phi) is 4.45. The predicted molar refractivity (Wildman–Crippen MR) is 74.9 cm³/mol. The van der Waals surface area contributed by atoms with Gasteiger partial charge < -0.3 is 0 Å². The Hall–Kier alpha value is -1.39. The van der Waals surface area contributed by atoms with Gasteiger partial charge in [-0.25, -0.2) is 4.79 Å². The van der Waals surface area contributed by atoms with Crippen molar-refractivity contribution in [2.75, 3.05) is 0 Å². The van der Waals surface area contributed by atoms with E-state index in [4.69, 9.17) is 0 Å². The van der Waals surface area contributed by atoms with Gasteiger partial charge in [0.2, 0.25) is 11.8 Å². The highest BCUT2D eigenvalue weighted by Crippen LogP contribution is 2.39. The van der Waals surface area contributed by atoms with E-state index >= 15 is 0 Å². The summed E-state index contributed by atoms with van der Waals surface area (Å²) in [6, 6.07) is -0.698. The van der Waals surface area contributed by atoms with Crippen LogP contribution < -0.4 is 5.32 Å². The lowest BCUT2D eigenvalue weighted by atomic mass is 9.76. The maximum atomic E-state index is 12.8. The zero-order valence-electron chi connectivity index (χ0n) is 12.4. The van der Waals surface area contributed by atoms with Crippen LogP contribution in [0.2, 0.25) is 0 Å². The van der Waals surface area contributed by atoms with Gasteiger partial charge in [-0.15, -0.1) is 0 Å². The topological polar surface area (TPSA) is 66.5 Å². The fourth-order valence-corrected chi connectivity index (χ4v) is 3.42. The van der Waals surface area contributed by atoms with Crippen molar-refractivity contribution in [2.45, 2.75) is 71.3 Å². The van der Waals surface area contributed by atoms with Gasteiger partial charge in [-0.05, 0) is 26.2 Å². The van der Waals surface area contributed by atoms with Crippen molar-refractivity contribution in [1.29, 1.82) is 0 Å². The second kappa shape index (κ2) is 5.94. The number of nitrogens with zero attached hydrogens (tertiary/aromatic N) is 1. The number of carbonyl (C=O) groups excluding carboxylic acids is 3. The molecular formula is C15H24N2O3. The molecule has 1 unspecified atom stereocenters. The van der Waals surface area contributed by atoms with Crippen molar-refractivity contribution in [3.05, 3.63) is 0 Å². The second-order valence-corrected chi connectivity index (χ2v) is 6.07. The van der Waals surface area contributed by atoms with Crippen LogP contribution in [0.1, 0.15) is 65.2 Å². The number of amides is 4. The first kappa shape index (κ1) is 15.0. The minimum Gasteiger partial charge on any atom is -0.277 e. The zero-order chi connectivity index (χ0) is 14.8. The van der Waals surface area contributed by atoms with Crippen molar-refractivity contribution in [3.63, 3.8) is 0 Å². The Labute approximate surface area is 120 Å². The van der Waals surface area contributed by atoms with Crippen LogP contribution in [0.4, 0.5) is 4.79 Å². The Balaban J connectivity index is 2.30. The van der Waals surface area contributed by atoms with Gasteiger partial charge in [-0.2, -0.15) is 0 Å². The highest BCUT2D eigenvalue weighted by atomic mass is 16.2. The third kappa shape index (κ3) is 2.45. The number of imide groups is 2. The number of rotatable bonds is 3. The molecule has 5 nitrogen and oxygen atoms in total. The Morgan fingerprint density at radius 3 is 2.30 bits per heavy atom. The lowest BCUT2D eigenvalue weighted by Crippen LogP contribution is -2.65. The van der Waals surface area contributed by atoms with Crippen LogP contribution in [0.5, 0.6) is 0 Å². The normalized spacial score (nSPS) is 24.5. The van der Waals surface area contributed by atoms with E-state index in [-0.39, 0.29) is 17.9 Å². The monoisotopic (exact) mass is 280 g/mol. The average molecular weight is 280 g/mol. The van der Waals surface area contributed by atoms with E-state index in [1.165, 1.54) is 4.90 Å². The van der Waals surface area contributed by atoms with Gasteiger partial charge in [0.15, 0.2) is 0 Å². The van der Waals surface area contributed by atoms with Crippen molar-refractivity contribution in [3.8, 4) is 0 Å². The molecule has 0 bridgehead atoms. The van der Waals surface area contributed by atoms with E-state index in [0.29, 0.717) is 12.8 Å². The summed E-state index contributed by atoms with van der Waals surface area (Å²) in [6.07, 6.45) is 6.68. The van der Waals surface area contributed by atoms with Crippen molar-refractivity contribution in [1.82, 2.24) is 10.2 Å². The van der Waals surface area contributed by atoms with E-state index in [9.17, 15) is 14.4 Å². The highest BCUT2D eigenvalue weighted by molar-refractivity contribution is 6.19. The minimum absolute atomic E-state index is 0.152. The maximum Gasteiger partial charge on any atom is 0.331 e. The first-order chi connectivity index (χ1) is 9.53. The number of hydrogen-bond donors (Lipinski definition) is 1. The fraction of sp³-hybridized carbons (Fsp3) is 0.800. The minimum atomic E-state index is -0.994. The molecule has 0 aromatic rings. The highest BCUT2D eigenvalue weighted by Gasteiger charge is 2.54. The quantitative estimate of drug-likeness (QED) is 0.808. The SMILES string of the molecule is CCCC(C)N1C(=O)NC(=O)C2(CCCCCC2)C1=O. The summed E-state index contributed by atoms with van der Waals surface area (Å²) in [5, 5.41) is 2.41. The predicted octanol–water partition coefficient (Wildman–Crippen LogP) is 2.59. The van der Waals surface area contributed by atoms with Crippen LogP contribution in [-0.4, -0.2) is 28.8 Å². The standard InChI is InChI=1S/C15H24N2O3/c1-3-8-11(2)17-13(19)15(12(18)16-14(17)20)9-6-4-5-7-10-15/h11H,3-10H2,1-2H3,(H,16,18,20). The van der Waals surface area contributed by atoms with Crippen LogP contribution in [-0.2, 0) is 9.59 Å². The smallest absolute Gasteiger partial charge is 0.277 e. The lowest BCUT2D eigenvalue weighted by molar-refractivity contribution is -0.154. The number of carbonyl (C=O) groups is 3. The molecule has 1 saturated heterocycles. The van der Waals surface area contributed by atoms with Crippen LogP contribution in [0, 0.1) is 5.41 Å². The van der Waals surface area contributed by atoms with Gasteiger partial charge in [0.05, 0.1) is 0 Å². The first-order valence-corrected chi connectivity index (χ1v) is 7.72. The summed E-state index contributed by atoms with van der Waals surface area (Å²) in [7, 11) is 0. The van der Waals surface area contributed by atoms with Crippen LogP contribution >= 0.6 is 0 Å². The molecule has 1 aliphatic carbocycles. The summed E-state index contributed by atoms with van der Waals surface area (Å²) >= 11 is 0. The van der Waals surface area contributed by atoms with E-state index < -0.39 is 11.4 Å². The molecule has 1 heterocycles. The molecule has 2 aliphatic rings. The molecule has 2 fully saturated rings. The summed E-state index contributed by atoms with van der Waals surface area (Å²) in [6.45, 7) is 3.90. The summed E-state index contributed by atoms with van der Waals surface area (Å²) < 4.78 is 0. The Morgan fingerprint density at radius 2 is 1.75 bits per heavy atom. The molecule has 0 radical (unpaired) electrons. The molecule has 1 aliphatic heterocycles. The van der Waals surface area contributed by atoms with E-state index in [0.717, 1.165) is 38.5 Å². The molecule has 0 aromatic heterocycles.